The highest BCUT2D eigenvalue weighted by Crippen LogP contribution is 2.13. The normalized spacial score (nSPS) is 11.4. The van der Waals surface area contributed by atoms with Gasteiger partial charge in [0.15, 0.2) is 9.84 Å². The van der Waals surface area contributed by atoms with Gasteiger partial charge in [-0.25, -0.2) is 13.4 Å². The Morgan fingerprint density at radius 3 is 2.81 bits per heavy atom. The first-order chi connectivity index (χ1) is 7.40. The van der Waals surface area contributed by atoms with Crippen LogP contribution in [-0.4, -0.2) is 32.2 Å². The number of aromatic nitrogens is 1. The molecule has 7 heteroatoms. The Balaban J connectivity index is 2.62. The van der Waals surface area contributed by atoms with E-state index in [9.17, 15) is 13.2 Å². The molecule has 5 nitrogen and oxygen atoms in total. The van der Waals surface area contributed by atoms with Crippen molar-refractivity contribution in [2.45, 2.75) is 19.1 Å². The molecule has 0 spiro atoms. The SMILES string of the molecule is CCOC(=O)Cc1csc(CS(C)(=O)=O)n1. The molecule has 0 saturated heterocycles. The van der Waals surface area contributed by atoms with Crippen LogP contribution in [0.15, 0.2) is 5.38 Å². The van der Waals surface area contributed by atoms with E-state index in [0.29, 0.717) is 17.3 Å². The van der Waals surface area contributed by atoms with E-state index < -0.39 is 9.84 Å². The lowest BCUT2D eigenvalue weighted by Gasteiger charge is -1.98. The fourth-order valence-corrected chi connectivity index (χ4v) is 3.09. The van der Waals surface area contributed by atoms with Gasteiger partial charge in [-0.3, -0.25) is 4.79 Å². The average molecular weight is 263 g/mol. The summed E-state index contributed by atoms with van der Waals surface area (Å²) >= 11 is 1.24. The third kappa shape index (κ3) is 4.71. The molecule has 0 amide bonds. The van der Waals surface area contributed by atoms with E-state index >= 15 is 0 Å². The van der Waals surface area contributed by atoms with Crippen molar-refractivity contribution in [1.82, 2.24) is 4.98 Å². The minimum absolute atomic E-state index is 0.0828. The van der Waals surface area contributed by atoms with E-state index in [0.717, 1.165) is 6.26 Å². The molecule has 0 aliphatic carbocycles. The topological polar surface area (TPSA) is 73.3 Å². The van der Waals surface area contributed by atoms with Crippen LogP contribution in [0.1, 0.15) is 17.6 Å². The lowest BCUT2D eigenvalue weighted by atomic mass is 10.3. The van der Waals surface area contributed by atoms with Crippen molar-refractivity contribution in [2.75, 3.05) is 12.9 Å². The van der Waals surface area contributed by atoms with Crippen LogP contribution in [0.3, 0.4) is 0 Å². The zero-order chi connectivity index (χ0) is 12.2. The maximum absolute atomic E-state index is 11.1. The van der Waals surface area contributed by atoms with E-state index in [1.54, 1.807) is 12.3 Å². The van der Waals surface area contributed by atoms with Gasteiger partial charge in [0.05, 0.1) is 18.7 Å². The molecule has 0 N–H and O–H groups in total. The molecule has 16 heavy (non-hydrogen) atoms. The van der Waals surface area contributed by atoms with E-state index in [1.165, 1.54) is 11.3 Å². The lowest BCUT2D eigenvalue weighted by molar-refractivity contribution is -0.142. The third-order valence-electron chi connectivity index (χ3n) is 1.62. The summed E-state index contributed by atoms with van der Waals surface area (Å²) in [5.41, 5.74) is 0.558. The van der Waals surface area contributed by atoms with Crippen molar-refractivity contribution in [3.8, 4) is 0 Å². The van der Waals surface area contributed by atoms with Crippen LogP contribution in [0.2, 0.25) is 0 Å². The Bertz CT molecular complexity index is 464. The first kappa shape index (κ1) is 13.1. The molecule has 0 atom stereocenters. The molecule has 0 aliphatic heterocycles. The lowest BCUT2D eigenvalue weighted by Crippen LogP contribution is -2.08. The smallest absolute Gasteiger partial charge is 0.311 e. The molecule has 0 unspecified atom stereocenters. The fraction of sp³-hybridized carbons (Fsp3) is 0.556. The second-order valence-electron chi connectivity index (χ2n) is 3.28. The summed E-state index contributed by atoms with van der Waals surface area (Å²) in [5.74, 6) is -0.431. The Kier molecular flexibility index (Phi) is 4.43. The van der Waals surface area contributed by atoms with Crippen LogP contribution < -0.4 is 0 Å². The van der Waals surface area contributed by atoms with Crippen LogP contribution in [0.5, 0.6) is 0 Å². The van der Waals surface area contributed by atoms with E-state index in [2.05, 4.69) is 4.98 Å². The summed E-state index contributed by atoms with van der Waals surface area (Å²) in [6.45, 7) is 2.06. The van der Waals surface area contributed by atoms with E-state index in [4.69, 9.17) is 4.74 Å². The average Bonchev–Trinajstić information content (AvgIpc) is 2.49. The highest BCUT2D eigenvalue weighted by Gasteiger charge is 2.11. The largest absolute Gasteiger partial charge is 0.466 e. The van der Waals surface area contributed by atoms with Crippen LogP contribution in [0.4, 0.5) is 0 Å². The van der Waals surface area contributed by atoms with Crippen LogP contribution in [0.25, 0.3) is 0 Å². The number of carbonyl (C=O) groups is 1. The van der Waals surface area contributed by atoms with Crippen molar-refractivity contribution in [3.63, 3.8) is 0 Å². The first-order valence-electron chi connectivity index (χ1n) is 4.67. The zero-order valence-corrected chi connectivity index (χ0v) is 10.7. The molecule has 1 aromatic heterocycles. The van der Waals surface area contributed by atoms with Crippen molar-refractivity contribution in [3.05, 3.63) is 16.1 Å². The van der Waals surface area contributed by atoms with Gasteiger partial charge in [0.25, 0.3) is 0 Å². The number of rotatable bonds is 5. The number of hydrogen-bond donors (Lipinski definition) is 0. The monoisotopic (exact) mass is 263 g/mol. The minimum atomic E-state index is -3.07. The van der Waals surface area contributed by atoms with Gasteiger partial charge in [0, 0.05) is 11.6 Å². The molecule has 0 saturated carbocycles. The maximum Gasteiger partial charge on any atom is 0.311 e. The Morgan fingerprint density at radius 1 is 1.56 bits per heavy atom. The summed E-state index contributed by atoms with van der Waals surface area (Å²) in [7, 11) is -3.07. The highest BCUT2D eigenvalue weighted by molar-refractivity contribution is 7.90. The Hall–Kier alpha value is -0.950. The highest BCUT2D eigenvalue weighted by atomic mass is 32.2. The van der Waals surface area contributed by atoms with Crippen molar-refractivity contribution in [2.24, 2.45) is 0 Å². The number of hydrogen-bond acceptors (Lipinski definition) is 6. The summed E-state index contributed by atoms with van der Waals surface area (Å²) in [4.78, 5) is 15.2. The van der Waals surface area contributed by atoms with E-state index in [1.807, 2.05) is 0 Å². The molecular formula is C9H13NO4S2. The molecule has 1 rings (SSSR count). The van der Waals surface area contributed by atoms with Crippen LogP contribution in [0, 0.1) is 0 Å². The standard InChI is InChI=1S/C9H13NO4S2/c1-3-14-9(11)4-7-5-15-8(10-7)6-16(2,12)13/h5H,3-4,6H2,1-2H3. The van der Waals surface area contributed by atoms with Gasteiger partial charge in [-0.05, 0) is 6.92 Å². The summed E-state index contributed by atoms with van der Waals surface area (Å²) in [6.07, 6.45) is 1.24. The minimum Gasteiger partial charge on any atom is -0.466 e. The van der Waals surface area contributed by atoms with Gasteiger partial charge >= 0.3 is 5.97 Å². The van der Waals surface area contributed by atoms with Gasteiger partial charge in [-0.15, -0.1) is 11.3 Å². The number of esters is 1. The molecule has 0 bridgehead atoms. The Labute approximate surface area is 98.4 Å². The fourth-order valence-electron chi connectivity index (χ4n) is 1.08. The number of sulfone groups is 1. The van der Waals surface area contributed by atoms with Crippen molar-refractivity contribution >= 4 is 27.1 Å². The molecule has 0 fully saturated rings. The van der Waals surface area contributed by atoms with E-state index in [-0.39, 0.29) is 18.1 Å². The maximum atomic E-state index is 11.1. The summed E-state index contributed by atoms with van der Waals surface area (Å²) < 4.78 is 26.8. The summed E-state index contributed by atoms with van der Waals surface area (Å²) in [5, 5.41) is 2.18. The number of nitrogens with zero attached hydrogens (tertiary/aromatic N) is 1. The van der Waals surface area contributed by atoms with Gasteiger partial charge in [-0.2, -0.15) is 0 Å². The molecule has 0 radical (unpaired) electrons. The Morgan fingerprint density at radius 2 is 2.25 bits per heavy atom. The van der Waals surface area contributed by atoms with Gasteiger partial charge in [0.2, 0.25) is 0 Å². The molecule has 0 aliphatic rings. The quantitative estimate of drug-likeness (QED) is 0.734. The van der Waals surface area contributed by atoms with Gasteiger partial charge in [0.1, 0.15) is 10.8 Å². The summed E-state index contributed by atoms with van der Waals surface area (Å²) in [6, 6.07) is 0. The molecule has 1 aromatic rings. The van der Waals surface area contributed by atoms with Crippen molar-refractivity contribution in [1.29, 1.82) is 0 Å². The van der Waals surface area contributed by atoms with Gasteiger partial charge in [-0.1, -0.05) is 0 Å². The number of carbonyl (C=O) groups excluding carboxylic acids is 1. The van der Waals surface area contributed by atoms with Crippen LogP contribution >= 0.6 is 11.3 Å². The first-order valence-corrected chi connectivity index (χ1v) is 7.61. The second-order valence-corrected chi connectivity index (χ2v) is 6.37. The molecule has 90 valence electrons. The molecular weight excluding hydrogens is 250 g/mol. The van der Waals surface area contributed by atoms with Crippen molar-refractivity contribution < 1.29 is 17.9 Å². The second kappa shape index (κ2) is 5.40. The number of thiazole rings is 1. The predicted octanol–water partition coefficient (Wildman–Crippen LogP) is 0.793. The molecule has 0 aromatic carbocycles. The van der Waals surface area contributed by atoms with Gasteiger partial charge < -0.3 is 4.74 Å². The predicted molar refractivity (Wildman–Crippen MR) is 61.0 cm³/mol. The molecule has 1 heterocycles. The van der Waals surface area contributed by atoms with Crippen LogP contribution in [-0.2, 0) is 31.5 Å². The number of ether oxygens (including phenoxy) is 1. The zero-order valence-electron chi connectivity index (χ0n) is 9.10. The third-order valence-corrected chi connectivity index (χ3v) is 3.49.